The quantitative estimate of drug-likeness (QED) is 0.0297. The van der Waals surface area contributed by atoms with Crippen molar-refractivity contribution in [1.82, 2.24) is 19.6 Å². The number of carboxylic acids is 8. The Morgan fingerprint density at radius 3 is 0.900 bits per heavy atom. The van der Waals surface area contributed by atoms with E-state index in [1.165, 1.54) is 0 Å². The smallest absolute Gasteiger partial charge is 0.317 e. The molecule has 286 valence electrons. The minimum Gasteiger partial charge on any atom is -0.480 e. The largest absolute Gasteiger partial charge is 0.480 e. The summed E-state index contributed by atoms with van der Waals surface area (Å²) in [6.45, 7) is -12.5. The first kappa shape index (κ1) is 45.4. The van der Waals surface area contributed by atoms with E-state index in [2.05, 4.69) is 0 Å². The summed E-state index contributed by atoms with van der Waals surface area (Å²) in [6, 6.07) is -3.86. The highest BCUT2D eigenvalue weighted by Crippen LogP contribution is 2.26. The number of ether oxygens (including phenoxy) is 2. The maximum Gasteiger partial charge on any atom is 0.317 e. The third-order valence-electron chi connectivity index (χ3n) is 6.73. The van der Waals surface area contributed by atoms with Crippen LogP contribution < -0.4 is 0 Å². The van der Waals surface area contributed by atoms with Gasteiger partial charge in [-0.1, -0.05) is 0 Å². The van der Waals surface area contributed by atoms with Crippen LogP contribution in [0, 0.1) is 0 Å². The van der Waals surface area contributed by atoms with Crippen LogP contribution in [-0.2, 0) is 47.8 Å². The van der Waals surface area contributed by atoms with Crippen LogP contribution in [0.15, 0.2) is 0 Å². The molecule has 24 nitrogen and oxygen atoms in total. The van der Waals surface area contributed by atoms with Gasteiger partial charge in [0.2, 0.25) is 0 Å². The van der Waals surface area contributed by atoms with Gasteiger partial charge in [0.1, 0.15) is 5.60 Å². The Morgan fingerprint density at radius 2 is 0.700 bits per heavy atom. The Kier molecular flexibility index (Phi) is 20.9. The van der Waals surface area contributed by atoms with Gasteiger partial charge in [0, 0.05) is 13.1 Å². The van der Waals surface area contributed by atoms with Gasteiger partial charge in [0.25, 0.3) is 0 Å². The van der Waals surface area contributed by atoms with Crippen LogP contribution in [-0.4, -0.2) is 235 Å². The molecule has 0 fully saturated rings. The molecule has 10 N–H and O–H groups in total. The number of hydrogen-bond donors (Lipinski definition) is 10. The van der Waals surface area contributed by atoms with Crippen LogP contribution in [0.4, 0.5) is 0 Å². The van der Waals surface area contributed by atoms with Gasteiger partial charge >= 0.3 is 47.8 Å². The summed E-state index contributed by atoms with van der Waals surface area (Å²) in [5, 5.41) is 96.8. The lowest BCUT2D eigenvalue weighted by Gasteiger charge is -2.48. The van der Waals surface area contributed by atoms with Gasteiger partial charge in [-0.3, -0.25) is 58.0 Å². The fourth-order valence-corrected chi connectivity index (χ4v) is 4.78. The van der Waals surface area contributed by atoms with Crippen molar-refractivity contribution in [1.29, 1.82) is 0 Å². The number of nitrogens with zero attached hydrogens (tertiary/aromatic N) is 4. The van der Waals surface area contributed by atoms with Crippen LogP contribution in [0.5, 0.6) is 0 Å². The monoisotopic (exact) mass is 730 g/mol. The summed E-state index contributed by atoms with van der Waals surface area (Å²) in [5.41, 5.74) is -2.89. The number of carboxylic acid groups (broad SMARTS) is 8. The van der Waals surface area contributed by atoms with Crippen LogP contribution in [0.25, 0.3) is 0 Å². The number of aliphatic carboxylic acids is 8. The molecule has 0 amide bonds. The van der Waals surface area contributed by atoms with E-state index in [0.29, 0.717) is 9.80 Å². The van der Waals surface area contributed by atoms with Crippen LogP contribution in [0.3, 0.4) is 0 Å². The van der Waals surface area contributed by atoms with E-state index < -0.39 is 151 Å². The molecule has 0 heterocycles. The lowest BCUT2D eigenvalue weighted by Crippen LogP contribution is -2.70. The maximum absolute atomic E-state index is 12.0. The second-order valence-electron chi connectivity index (χ2n) is 10.7. The molecule has 2 atom stereocenters. The van der Waals surface area contributed by atoms with Crippen molar-refractivity contribution in [2.24, 2.45) is 0 Å². The third-order valence-corrected chi connectivity index (χ3v) is 6.73. The molecule has 0 spiro atoms. The Bertz CT molecular complexity index is 1040. The fraction of sp³-hybridized carbons (Fsp3) is 0.692. The predicted octanol–water partition coefficient (Wildman–Crippen LogP) is -5.64. The highest BCUT2D eigenvalue weighted by atomic mass is 16.5. The Labute approximate surface area is 282 Å². The molecule has 0 aromatic carbocycles. The summed E-state index contributed by atoms with van der Waals surface area (Å²) in [6.07, 6.45) is 0. The van der Waals surface area contributed by atoms with Crippen molar-refractivity contribution >= 4 is 47.8 Å². The van der Waals surface area contributed by atoms with Crippen molar-refractivity contribution in [3.05, 3.63) is 0 Å². The predicted molar refractivity (Wildman–Crippen MR) is 158 cm³/mol. The minimum absolute atomic E-state index is 0.374. The molecule has 0 aliphatic heterocycles. The van der Waals surface area contributed by atoms with E-state index in [1.54, 1.807) is 0 Å². The van der Waals surface area contributed by atoms with E-state index in [1.807, 2.05) is 0 Å². The second kappa shape index (κ2) is 23.0. The van der Waals surface area contributed by atoms with Crippen molar-refractivity contribution in [2.75, 3.05) is 98.5 Å². The summed E-state index contributed by atoms with van der Waals surface area (Å²) in [7, 11) is 0. The SMILES string of the molecule is O=C(O)CN(CCOCC(N(CC(=O)O)CC(=O)O)C(O)(CO)C(COCCN(CC(=O)O)CC(=O)O)N(CC(=O)O)CC(=O)O)CC(=O)O. The second-order valence-corrected chi connectivity index (χ2v) is 10.7. The van der Waals surface area contributed by atoms with Gasteiger partial charge in [-0.25, -0.2) is 0 Å². The lowest BCUT2D eigenvalue weighted by atomic mass is 9.84. The zero-order chi connectivity index (χ0) is 38.6. The first-order valence-electron chi connectivity index (χ1n) is 14.4. The lowest BCUT2D eigenvalue weighted by molar-refractivity contribution is -0.174. The average molecular weight is 731 g/mol. The van der Waals surface area contributed by atoms with Gasteiger partial charge < -0.3 is 60.5 Å². The Balaban J connectivity index is 6.80. The zero-order valence-corrected chi connectivity index (χ0v) is 26.6. The van der Waals surface area contributed by atoms with Gasteiger partial charge in [0.15, 0.2) is 0 Å². The summed E-state index contributed by atoms with van der Waals surface area (Å²) < 4.78 is 10.9. The fourth-order valence-electron chi connectivity index (χ4n) is 4.78. The highest BCUT2D eigenvalue weighted by Gasteiger charge is 2.50. The molecule has 0 radical (unpaired) electrons. The number of aliphatic hydroxyl groups excluding tert-OH is 1. The molecule has 0 rings (SSSR count). The standard InChI is InChI=1S/C26H42N4O20/c31-15-26(48,16(29(9-22(40)41)10-23(42)43)13-49-3-1-27(5-18(32)33)6-19(34)35)17(30(11-24(44)45)12-25(46)47)14-50-4-2-28(7-20(36)37)8-21(38)39/h16-17,31,48H,1-15H2,(H,32,33)(H,34,35)(H,36,37)(H,38,39)(H,40,41)(H,42,43)(H,44,45)(H,46,47). The molecular weight excluding hydrogens is 688 g/mol. The van der Waals surface area contributed by atoms with Crippen LogP contribution in [0.2, 0.25) is 0 Å². The van der Waals surface area contributed by atoms with Gasteiger partial charge in [-0.2, -0.15) is 0 Å². The first-order valence-corrected chi connectivity index (χ1v) is 14.4. The molecule has 0 bridgehead atoms. The highest BCUT2D eigenvalue weighted by molar-refractivity contribution is 5.74. The molecule has 0 saturated carbocycles. The number of aliphatic hydroxyl groups is 2. The van der Waals surface area contributed by atoms with Crippen LogP contribution in [0.1, 0.15) is 0 Å². The molecular formula is C26H42N4O20. The van der Waals surface area contributed by atoms with E-state index >= 15 is 0 Å². The van der Waals surface area contributed by atoms with Crippen molar-refractivity contribution in [3.63, 3.8) is 0 Å². The first-order chi connectivity index (χ1) is 23.2. The minimum atomic E-state index is -2.89. The molecule has 24 heteroatoms. The molecule has 0 aliphatic carbocycles. The number of rotatable bonds is 31. The molecule has 50 heavy (non-hydrogen) atoms. The van der Waals surface area contributed by atoms with E-state index in [-0.39, 0.29) is 13.1 Å². The van der Waals surface area contributed by atoms with Crippen molar-refractivity contribution in [2.45, 2.75) is 17.7 Å². The van der Waals surface area contributed by atoms with Crippen molar-refractivity contribution in [3.8, 4) is 0 Å². The third kappa shape index (κ3) is 18.8. The molecule has 0 aromatic heterocycles. The molecule has 2 unspecified atom stereocenters. The zero-order valence-electron chi connectivity index (χ0n) is 26.6. The number of carbonyl (C=O) groups is 8. The molecule has 0 aliphatic rings. The van der Waals surface area contributed by atoms with E-state index in [9.17, 15) is 69.0 Å². The topological polar surface area (TPSA) is 370 Å². The summed E-state index contributed by atoms with van der Waals surface area (Å²) in [5.74, 6) is -12.2. The average Bonchev–Trinajstić information content (AvgIpc) is 2.93. The normalized spacial score (nSPS) is 14.0. The van der Waals surface area contributed by atoms with Gasteiger partial charge in [0.05, 0.1) is 97.5 Å². The van der Waals surface area contributed by atoms with Gasteiger partial charge in [-0.05, 0) is 0 Å². The summed E-state index contributed by atoms with van der Waals surface area (Å²) >= 11 is 0. The summed E-state index contributed by atoms with van der Waals surface area (Å²) in [4.78, 5) is 94.5. The van der Waals surface area contributed by atoms with E-state index in [4.69, 9.17) is 29.9 Å². The molecule has 0 saturated heterocycles. The van der Waals surface area contributed by atoms with Crippen LogP contribution >= 0.6 is 0 Å². The van der Waals surface area contributed by atoms with Crippen molar-refractivity contribution < 1.29 is 98.9 Å². The Morgan fingerprint density at radius 1 is 0.460 bits per heavy atom. The molecule has 0 aromatic rings. The maximum atomic E-state index is 12.0. The van der Waals surface area contributed by atoms with E-state index in [0.717, 1.165) is 9.80 Å². The number of hydrogen-bond acceptors (Lipinski definition) is 16. The van der Waals surface area contributed by atoms with Gasteiger partial charge in [-0.15, -0.1) is 0 Å². The Hall–Kier alpha value is -4.56.